The second-order valence-electron chi connectivity index (χ2n) is 6.13. The Hall–Kier alpha value is -2.67. The number of anilines is 1. The monoisotopic (exact) mass is 369 g/mol. The van der Waals surface area contributed by atoms with Gasteiger partial charge in [0, 0.05) is 29.3 Å². The van der Waals surface area contributed by atoms with E-state index >= 15 is 0 Å². The first-order valence-electron chi connectivity index (χ1n) is 8.54. The van der Waals surface area contributed by atoms with Crippen LogP contribution in [0.2, 0.25) is 0 Å². The fraction of sp³-hybridized carbons (Fsp3) is 0.316. The van der Waals surface area contributed by atoms with E-state index in [1.807, 2.05) is 32.9 Å². The van der Waals surface area contributed by atoms with E-state index in [4.69, 9.17) is 9.47 Å². The summed E-state index contributed by atoms with van der Waals surface area (Å²) in [5.74, 6) is 2.00. The summed E-state index contributed by atoms with van der Waals surface area (Å²) in [4.78, 5) is 23.4. The zero-order valence-corrected chi connectivity index (χ0v) is 15.7. The maximum Gasteiger partial charge on any atom is 0.266 e. The first-order valence-corrected chi connectivity index (χ1v) is 9.36. The Labute approximate surface area is 155 Å². The van der Waals surface area contributed by atoms with E-state index in [-0.39, 0.29) is 5.91 Å². The zero-order valence-electron chi connectivity index (χ0n) is 14.9. The first kappa shape index (κ1) is 16.8. The van der Waals surface area contributed by atoms with Gasteiger partial charge in [-0.2, -0.15) is 0 Å². The molecule has 0 fully saturated rings. The van der Waals surface area contributed by atoms with E-state index in [2.05, 4.69) is 15.3 Å². The Morgan fingerprint density at radius 2 is 1.96 bits per heavy atom. The van der Waals surface area contributed by atoms with Crippen LogP contribution in [0.4, 0.5) is 5.69 Å². The minimum absolute atomic E-state index is 0.153. The summed E-state index contributed by atoms with van der Waals surface area (Å²) in [5, 5.41) is 3.92. The van der Waals surface area contributed by atoms with Crippen molar-refractivity contribution < 1.29 is 14.3 Å². The van der Waals surface area contributed by atoms with Crippen LogP contribution in [0.3, 0.4) is 0 Å². The molecule has 2 aromatic heterocycles. The van der Waals surface area contributed by atoms with Crippen LogP contribution in [0.1, 0.15) is 33.7 Å². The maximum absolute atomic E-state index is 12.8. The highest BCUT2D eigenvalue weighted by Gasteiger charge is 2.20. The zero-order chi connectivity index (χ0) is 18.3. The Bertz CT molecular complexity index is 1010. The fourth-order valence-electron chi connectivity index (χ4n) is 3.08. The molecule has 0 unspecified atom stereocenters. The number of carbonyl (C=O) groups is 1. The second kappa shape index (κ2) is 6.57. The molecule has 1 aliphatic rings. The van der Waals surface area contributed by atoms with Gasteiger partial charge >= 0.3 is 0 Å². The van der Waals surface area contributed by atoms with Crippen molar-refractivity contribution in [1.82, 2.24) is 9.97 Å². The van der Waals surface area contributed by atoms with Crippen LogP contribution in [-0.4, -0.2) is 29.1 Å². The summed E-state index contributed by atoms with van der Waals surface area (Å²) in [6, 6.07) is 5.41. The number of hydrogen-bond donors (Lipinski definition) is 1. The second-order valence-corrected chi connectivity index (χ2v) is 7.13. The molecule has 134 valence electrons. The number of amides is 1. The number of hydrogen-bond acceptors (Lipinski definition) is 6. The summed E-state index contributed by atoms with van der Waals surface area (Å²) in [6.45, 7) is 6.98. The van der Waals surface area contributed by atoms with E-state index in [1.165, 1.54) is 11.3 Å². The molecule has 1 aliphatic heterocycles. The van der Waals surface area contributed by atoms with Crippen molar-refractivity contribution in [2.75, 3.05) is 18.5 Å². The van der Waals surface area contributed by atoms with Gasteiger partial charge in [-0.3, -0.25) is 4.79 Å². The SMILES string of the molecule is CCc1nc(C)c2c(C)c(C(=O)Nc3ccc4c(c3)OCCO4)sc2n1. The van der Waals surface area contributed by atoms with Crippen LogP contribution in [0.25, 0.3) is 10.2 Å². The highest BCUT2D eigenvalue weighted by Crippen LogP contribution is 2.34. The van der Waals surface area contributed by atoms with E-state index in [1.54, 1.807) is 6.07 Å². The number of nitrogens with one attached hydrogen (secondary N) is 1. The average Bonchev–Trinajstić information content (AvgIpc) is 2.98. The predicted octanol–water partition coefficient (Wildman–Crippen LogP) is 3.89. The summed E-state index contributed by atoms with van der Waals surface area (Å²) in [5.41, 5.74) is 2.51. The Morgan fingerprint density at radius 3 is 2.73 bits per heavy atom. The van der Waals surface area contributed by atoms with Crippen molar-refractivity contribution in [1.29, 1.82) is 0 Å². The van der Waals surface area contributed by atoms with Gasteiger partial charge in [0.15, 0.2) is 11.5 Å². The first-order chi connectivity index (χ1) is 12.6. The summed E-state index contributed by atoms with van der Waals surface area (Å²) >= 11 is 1.40. The van der Waals surface area contributed by atoms with Crippen molar-refractivity contribution in [3.05, 3.63) is 40.2 Å². The standard InChI is InChI=1S/C19H19N3O3S/c1-4-15-20-11(3)16-10(2)17(26-19(16)22-15)18(23)21-12-5-6-13-14(9-12)25-8-7-24-13/h5-6,9H,4,7-8H2,1-3H3,(H,21,23). The lowest BCUT2D eigenvalue weighted by atomic mass is 10.1. The van der Waals surface area contributed by atoms with Crippen molar-refractivity contribution >= 4 is 33.1 Å². The lowest BCUT2D eigenvalue weighted by molar-refractivity contribution is 0.103. The van der Waals surface area contributed by atoms with Gasteiger partial charge in [-0.05, 0) is 31.5 Å². The summed E-state index contributed by atoms with van der Waals surface area (Å²) < 4.78 is 11.1. The number of ether oxygens (including phenoxy) is 2. The van der Waals surface area contributed by atoms with Gasteiger partial charge in [0.1, 0.15) is 23.9 Å². The molecule has 6 nitrogen and oxygen atoms in total. The van der Waals surface area contributed by atoms with Gasteiger partial charge < -0.3 is 14.8 Å². The number of aromatic nitrogens is 2. The molecule has 1 amide bonds. The predicted molar refractivity (Wildman–Crippen MR) is 102 cm³/mol. The number of benzene rings is 1. The third-order valence-corrected chi connectivity index (χ3v) is 5.52. The normalized spacial score (nSPS) is 13.0. The van der Waals surface area contributed by atoms with Gasteiger partial charge in [-0.15, -0.1) is 11.3 Å². The molecular weight excluding hydrogens is 350 g/mol. The van der Waals surface area contributed by atoms with Crippen LogP contribution < -0.4 is 14.8 Å². The minimum atomic E-state index is -0.153. The molecule has 3 heterocycles. The summed E-state index contributed by atoms with van der Waals surface area (Å²) in [7, 11) is 0. The minimum Gasteiger partial charge on any atom is -0.486 e. The van der Waals surface area contributed by atoms with Crippen LogP contribution in [0.5, 0.6) is 11.5 Å². The number of aryl methyl sites for hydroxylation is 3. The quantitative estimate of drug-likeness (QED) is 0.758. The Morgan fingerprint density at radius 1 is 1.19 bits per heavy atom. The van der Waals surface area contributed by atoms with Gasteiger partial charge in [0.05, 0.1) is 4.88 Å². The van der Waals surface area contributed by atoms with Gasteiger partial charge in [-0.1, -0.05) is 6.92 Å². The Balaban J connectivity index is 1.66. The molecule has 0 saturated heterocycles. The molecule has 26 heavy (non-hydrogen) atoms. The van der Waals surface area contributed by atoms with Crippen molar-refractivity contribution in [3.63, 3.8) is 0 Å². The molecular formula is C19H19N3O3S. The maximum atomic E-state index is 12.8. The van der Waals surface area contributed by atoms with Crippen molar-refractivity contribution in [3.8, 4) is 11.5 Å². The van der Waals surface area contributed by atoms with Crippen LogP contribution in [-0.2, 0) is 6.42 Å². The highest BCUT2D eigenvalue weighted by molar-refractivity contribution is 7.20. The van der Waals surface area contributed by atoms with E-state index in [0.29, 0.717) is 35.3 Å². The van der Waals surface area contributed by atoms with E-state index < -0.39 is 0 Å². The third kappa shape index (κ3) is 2.88. The molecule has 0 spiro atoms. The number of nitrogens with zero attached hydrogens (tertiary/aromatic N) is 2. The number of rotatable bonds is 3. The van der Waals surface area contributed by atoms with Crippen molar-refractivity contribution in [2.24, 2.45) is 0 Å². The topological polar surface area (TPSA) is 73.3 Å². The lowest BCUT2D eigenvalue weighted by Crippen LogP contribution is -2.16. The molecule has 1 N–H and O–H groups in total. The number of fused-ring (bicyclic) bond motifs is 2. The molecule has 0 radical (unpaired) electrons. The lowest BCUT2D eigenvalue weighted by Gasteiger charge is -2.18. The molecule has 0 bridgehead atoms. The fourth-order valence-corrected chi connectivity index (χ4v) is 4.22. The van der Waals surface area contributed by atoms with Crippen LogP contribution >= 0.6 is 11.3 Å². The molecule has 1 aromatic carbocycles. The average molecular weight is 369 g/mol. The van der Waals surface area contributed by atoms with Crippen molar-refractivity contribution in [2.45, 2.75) is 27.2 Å². The van der Waals surface area contributed by atoms with Gasteiger partial charge in [0.2, 0.25) is 0 Å². The Kier molecular flexibility index (Phi) is 4.24. The third-order valence-electron chi connectivity index (χ3n) is 4.34. The molecule has 0 aliphatic carbocycles. The smallest absolute Gasteiger partial charge is 0.266 e. The van der Waals surface area contributed by atoms with E-state index in [0.717, 1.165) is 33.7 Å². The van der Waals surface area contributed by atoms with Gasteiger partial charge in [0.25, 0.3) is 5.91 Å². The molecule has 0 saturated carbocycles. The highest BCUT2D eigenvalue weighted by atomic mass is 32.1. The molecule has 3 aromatic rings. The number of carbonyl (C=O) groups excluding carboxylic acids is 1. The molecule has 0 atom stereocenters. The van der Waals surface area contributed by atoms with E-state index in [9.17, 15) is 4.79 Å². The molecule has 4 rings (SSSR count). The largest absolute Gasteiger partial charge is 0.486 e. The van der Waals surface area contributed by atoms with Crippen LogP contribution in [0, 0.1) is 13.8 Å². The number of thiophene rings is 1. The van der Waals surface area contributed by atoms with Crippen LogP contribution in [0.15, 0.2) is 18.2 Å². The molecule has 7 heteroatoms. The summed E-state index contributed by atoms with van der Waals surface area (Å²) in [6.07, 6.45) is 0.770. The van der Waals surface area contributed by atoms with Gasteiger partial charge in [-0.25, -0.2) is 9.97 Å².